The van der Waals surface area contributed by atoms with Crippen LogP contribution in [0.2, 0.25) is 0 Å². The third-order valence-electron chi connectivity index (χ3n) is 3.61. The van der Waals surface area contributed by atoms with Crippen molar-refractivity contribution in [3.8, 4) is 11.5 Å². The minimum atomic E-state index is -3.93. The summed E-state index contributed by atoms with van der Waals surface area (Å²) in [4.78, 5) is -0.327. The Morgan fingerprint density at radius 3 is 2.29 bits per heavy atom. The molecule has 0 heterocycles. The summed E-state index contributed by atoms with van der Waals surface area (Å²) in [5, 5.41) is 0. The van der Waals surface area contributed by atoms with E-state index in [0.29, 0.717) is 11.5 Å². The van der Waals surface area contributed by atoms with Crippen molar-refractivity contribution in [3.05, 3.63) is 53.8 Å². The fourth-order valence-electron chi connectivity index (χ4n) is 2.34. The van der Waals surface area contributed by atoms with Gasteiger partial charge in [0.2, 0.25) is 10.0 Å². The zero-order valence-corrected chi connectivity index (χ0v) is 14.6. The molecule has 0 bridgehead atoms. The van der Waals surface area contributed by atoms with Crippen LogP contribution in [-0.4, -0.2) is 33.5 Å². The maximum absolute atomic E-state index is 13.9. The number of halogens is 1. The molecule has 0 unspecified atom stereocenters. The van der Waals surface area contributed by atoms with E-state index in [1.54, 1.807) is 25.1 Å². The van der Waals surface area contributed by atoms with Gasteiger partial charge in [0.15, 0.2) is 11.5 Å². The van der Waals surface area contributed by atoms with E-state index >= 15 is 0 Å². The zero-order chi connectivity index (χ0) is 17.7. The number of hydrogen-bond donors (Lipinski definition) is 0. The van der Waals surface area contributed by atoms with Gasteiger partial charge in [-0.1, -0.05) is 25.1 Å². The number of ether oxygens (including phenoxy) is 2. The molecule has 2 aromatic carbocycles. The van der Waals surface area contributed by atoms with Crippen molar-refractivity contribution < 1.29 is 22.3 Å². The van der Waals surface area contributed by atoms with Crippen LogP contribution in [0.1, 0.15) is 12.5 Å². The second-order valence-electron chi connectivity index (χ2n) is 5.05. The summed E-state index contributed by atoms with van der Waals surface area (Å²) in [6.07, 6.45) is 0. The van der Waals surface area contributed by atoms with Crippen molar-refractivity contribution in [2.75, 3.05) is 20.8 Å². The van der Waals surface area contributed by atoms with Crippen LogP contribution < -0.4 is 9.47 Å². The highest BCUT2D eigenvalue weighted by Gasteiger charge is 2.26. The molecule has 2 rings (SSSR count). The van der Waals surface area contributed by atoms with Gasteiger partial charge < -0.3 is 9.47 Å². The lowest BCUT2D eigenvalue weighted by molar-refractivity contribution is 0.353. The fraction of sp³-hybridized carbons (Fsp3) is 0.294. The molecule has 0 amide bonds. The monoisotopic (exact) mass is 353 g/mol. The van der Waals surface area contributed by atoms with Gasteiger partial charge in [-0.05, 0) is 29.8 Å². The van der Waals surface area contributed by atoms with E-state index in [4.69, 9.17) is 9.47 Å². The molecular formula is C17H20FNO4S. The van der Waals surface area contributed by atoms with Crippen LogP contribution in [0.3, 0.4) is 0 Å². The molecule has 0 aliphatic carbocycles. The molecule has 0 aromatic heterocycles. The van der Waals surface area contributed by atoms with Crippen LogP contribution in [0.5, 0.6) is 11.5 Å². The predicted octanol–water partition coefficient (Wildman–Crippen LogP) is 3.05. The van der Waals surface area contributed by atoms with Gasteiger partial charge in [-0.15, -0.1) is 0 Å². The Balaban J connectivity index is 2.34. The molecule has 130 valence electrons. The van der Waals surface area contributed by atoms with Crippen molar-refractivity contribution >= 4 is 10.0 Å². The SMILES string of the molecule is CCN(Cc1ccc(OC)c(OC)c1)S(=O)(=O)c1ccccc1F. The summed E-state index contributed by atoms with van der Waals surface area (Å²) < 4.78 is 50.9. The van der Waals surface area contributed by atoms with Gasteiger partial charge in [-0.25, -0.2) is 12.8 Å². The van der Waals surface area contributed by atoms with Crippen LogP contribution in [0.15, 0.2) is 47.4 Å². The molecule has 0 radical (unpaired) electrons. The lowest BCUT2D eigenvalue weighted by Gasteiger charge is -2.21. The Morgan fingerprint density at radius 2 is 1.71 bits per heavy atom. The Bertz CT molecular complexity index is 808. The third-order valence-corrected chi connectivity index (χ3v) is 5.57. The first-order valence-corrected chi connectivity index (χ1v) is 8.83. The van der Waals surface area contributed by atoms with Crippen molar-refractivity contribution in [1.82, 2.24) is 4.31 Å². The fourth-order valence-corrected chi connectivity index (χ4v) is 3.84. The molecule has 0 fully saturated rings. The minimum Gasteiger partial charge on any atom is -0.493 e. The number of methoxy groups -OCH3 is 2. The summed E-state index contributed by atoms with van der Waals surface area (Å²) in [7, 11) is -0.893. The van der Waals surface area contributed by atoms with Crippen LogP contribution >= 0.6 is 0 Å². The second kappa shape index (κ2) is 7.63. The van der Waals surface area contributed by atoms with Crippen LogP contribution in [0, 0.1) is 5.82 Å². The van der Waals surface area contributed by atoms with E-state index in [1.165, 1.54) is 36.7 Å². The average molecular weight is 353 g/mol. The Kier molecular flexibility index (Phi) is 5.80. The van der Waals surface area contributed by atoms with Gasteiger partial charge in [0.25, 0.3) is 0 Å². The van der Waals surface area contributed by atoms with E-state index in [9.17, 15) is 12.8 Å². The Morgan fingerprint density at radius 1 is 1.04 bits per heavy atom. The van der Waals surface area contributed by atoms with Gasteiger partial charge >= 0.3 is 0 Å². The highest BCUT2D eigenvalue weighted by Crippen LogP contribution is 2.29. The quantitative estimate of drug-likeness (QED) is 0.768. The highest BCUT2D eigenvalue weighted by molar-refractivity contribution is 7.89. The zero-order valence-electron chi connectivity index (χ0n) is 13.8. The minimum absolute atomic E-state index is 0.105. The molecule has 0 spiro atoms. The normalized spacial score (nSPS) is 11.5. The van der Waals surface area contributed by atoms with Gasteiger partial charge in [0.1, 0.15) is 10.7 Å². The molecule has 7 heteroatoms. The molecule has 0 saturated heterocycles. The van der Waals surface area contributed by atoms with E-state index in [-0.39, 0.29) is 18.0 Å². The van der Waals surface area contributed by atoms with Gasteiger partial charge in [0, 0.05) is 13.1 Å². The first-order valence-electron chi connectivity index (χ1n) is 7.39. The van der Waals surface area contributed by atoms with Crippen LogP contribution in [0.25, 0.3) is 0 Å². The smallest absolute Gasteiger partial charge is 0.246 e. The van der Waals surface area contributed by atoms with E-state index in [2.05, 4.69) is 0 Å². The third kappa shape index (κ3) is 3.68. The maximum atomic E-state index is 13.9. The van der Waals surface area contributed by atoms with E-state index in [1.807, 2.05) is 0 Å². The first-order chi connectivity index (χ1) is 11.4. The summed E-state index contributed by atoms with van der Waals surface area (Å²) in [6, 6.07) is 10.5. The average Bonchev–Trinajstić information content (AvgIpc) is 2.59. The second-order valence-corrected chi connectivity index (χ2v) is 6.96. The molecule has 0 atom stereocenters. The van der Waals surface area contributed by atoms with Crippen molar-refractivity contribution in [2.24, 2.45) is 0 Å². The number of hydrogen-bond acceptors (Lipinski definition) is 4. The highest BCUT2D eigenvalue weighted by atomic mass is 32.2. The van der Waals surface area contributed by atoms with Gasteiger partial charge in [0.05, 0.1) is 14.2 Å². The van der Waals surface area contributed by atoms with Gasteiger partial charge in [-0.3, -0.25) is 0 Å². The molecule has 0 aliphatic heterocycles. The van der Waals surface area contributed by atoms with E-state index in [0.717, 1.165) is 11.6 Å². The number of rotatable bonds is 7. The van der Waals surface area contributed by atoms with Crippen molar-refractivity contribution in [1.29, 1.82) is 0 Å². The summed E-state index contributed by atoms with van der Waals surface area (Å²) in [5.41, 5.74) is 0.717. The number of nitrogens with zero attached hydrogens (tertiary/aromatic N) is 1. The standard InChI is InChI=1S/C17H20FNO4S/c1-4-19(24(20,21)17-8-6-5-7-14(17)18)12-13-9-10-15(22-2)16(11-13)23-3/h5-11H,4,12H2,1-3H3. The first kappa shape index (κ1) is 18.2. The predicted molar refractivity (Wildman–Crippen MR) is 89.2 cm³/mol. The maximum Gasteiger partial charge on any atom is 0.246 e. The molecule has 0 aliphatic rings. The largest absolute Gasteiger partial charge is 0.493 e. The molecule has 2 aromatic rings. The number of sulfonamides is 1. The number of benzene rings is 2. The van der Waals surface area contributed by atoms with E-state index < -0.39 is 15.8 Å². The van der Waals surface area contributed by atoms with Gasteiger partial charge in [-0.2, -0.15) is 4.31 Å². The lowest BCUT2D eigenvalue weighted by Crippen LogP contribution is -2.31. The summed E-state index contributed by atoms with van der Waals surface area (Å²) in [6.45, 7) is 2.03. The lowest BCUT2D eigenvalue weighted by atomic mass is 10.2. The molecular weight excluding hydrogens is 333 g/mol. The summed E-state index contributed by atoms with van der Waals surface area (Å²) in [5.74, 6) is 0.305. The summed E-state index contributed by atoms with van der Waals surface area (Å²) >= 11 is 0. The topological polar surface area (TPSA) is 55.8 Å². The Hall–Kier alpha value is -2.12. The van der Waals surface area contributed by atoms with Crippen LogP contribution in [0.4, 0.5) is 4.39 Å². The Labute approximate surface area is 141 Å². The van der Waals surface area contributed by atoms with Crippen molar-refractivity contribution in [3.63, 3.8) is 0 Å². The molecule has 0 saturated carbocycles. The molecule has 5 nitrogen and oxygen atoms in total. The van der Waals surface area contributed by atoms with Crippen molar-refractivity contribution in [2.45, 2.75) is 18.4 Å². The molecule has 0 N–H and O–H groups in total. The van der Waals surface area contributed by atoms with Crippen LogP contribution in [-0.2, 0) is 16.6 Å². The molecule has 24 heavy (non-hydrogen) atoms.